The first-order chi connectivity index (χ1) is 13.1. The van der Waals surface area contributed by atoms with Crippen molar-refractivity contribution in [3.63, 3.8) is 0 Å². The first kappa shape index (κ1) is 15.8. The molecular weight excluding hydrogens is 364 g/mol. The Bertz CT molecular complexity index is 1310. The molecule has 0 spiro atoms. The second-order valence-electron chi connectivity index (χ2n) is 6.24. The summed E-state index contributed by atoms with van der Waals surface area (Å²) >= 11 is 6.25. The van der Waals surface area contributed by atoms with E-state index in [0.717, 1.165) is 22.2 Å². The van der Waals surface area contributed by atoms with Crippen LogP contribution in [-0.4, -0.2) is 34.5 Å². The highest BCUT2D eigenvalue weighted by Gasteiger charge is 2.15. The predicted molar refractivity (Wildman–Crippen MR) is 102 cm³/mol. The molecule has 5 rings (SSSR count). The molecule has 0 saturated heterocycles. The molecule has 0 aliphatic rings. The minimum atomic E-state index is 0.200. The average Bonchev–Trinajstić information content (AvgIpc) is 3.28. The molecule has 27 heavy (non-hydrogen) atoms. The summed E-state index contributed by atoms with van der Waals surface area (Å²) in [5.74, 6) is 0.844. The van der Waals surface area contributed by atoms with E-state index < -0.39 is 0 Å². The van der Waals surface area contributed by atoms with Crippen LogP contribution < -0.4 is 0 Å². The lowest BCUT2D eigenvalue weighted by atomic mass is 10.2. The Labute approximate surface area is 158 Å². The van der Waals surface area contributed by atoms with Gasteiger partial charge in [-0.2, -0.15) is 5.10 Å². The van der Waals surface area contributed by atoms with Gasteiger partial charge in [-0.15, -0.1) is 10.2 Å². The zero-order valence-corrected chi connectivity index (χ0v) is 15.0. The van der Waals surface area contributed by atoms with Gasteiger partial charge in [0.1, 0.15) is 12.1 Å². The van der Waals surface area contributed by atoms with Crippen LogP contribution in [0.2, 0.25) is 5.02 Å². The van der Waals surface area contributed by atoms with Gasteiger partial charge in [0.25, 0.3) is 0 Å². The van der Waals surface area contributed by atoms with Gasteiger partial charge in [0.05, 0.1) is 17.3 Å². The van der Waals surface area contributed by atoms with Gasteiger partial charge < -0.3 is 5.11 Å². The summed E-state index contributed by atoms with van der Waals surface area (Å²) in [5.41, 5.74) is 4.00. The fourth-order valence-electron chi connectivity index (χ4n) is 3.03. The van der Waals surface area contributed by atoms with Gasteiger partial charge >= 0.3 is 0 Å². The normalized spacial score (nSPS) is 11.5. The lowest BCUT2D eigenvalue weighted by Crippen LogP contribution is -1.99. The molecule has 5 aromatic rings. The quantitative estimate of drug-likeness (QED) is 0.507. The van der Waals surface area contributed by atoms with Crippen LogP contribution in [0.5, 0.6) is 5.75 Å². The molecule has 0 aliphatic heterocycles. The highest BCUT2D eigenvalue weighted by molar-refractivity contribution is 6.31. The molecule has 8 heteroatoms. The largest absolute Gasteiger partial charge is 0.508 e. The first-order valence-corrected chi connectivity index (χ1v) is 8.63. The predicted octanol–water partition coefficient (Wildman–Crippen LogP) is 3.80. The van der Waals surface area contributed by atoms with Gasteiger partial charge in [0, 0.05) is 10.6 Å². The molecule has 0 bridgehead atoms. The van der Waals surface area contributed by atoms with Crippen LogP contribution in [-0.2, 0) is 0 Å². The SMILES string of the molecule is Cc1ccc(-n2ncc3c2ncn2c(-c4ccc(O)cc4)nnc32)cc1Cl. The highest BCUT2D eigenvalue weighted by atomic mass is 35.5. The lowest BCUT2D eigenvalue weighted by molar-refractivity contribution is 0.475. The van der Waals surface area contributed by atoms with E-state index in [0.29, 0.717) is 22.1 Å². The number of nitrogens with zero attached hydrogens (tertiary/aromatic N) is 6. The third-order valence-corrected chi connectivity index (χ3v) is 4.91. The van der Waals surface area contributed by atoms with Crippen molar-refractivity contribution in [3.05, 3.63) is 65.6 Å². The van der Waals surface area contributed by atoms with Crippen LogP contribution >= 0.6 is 11.6 Å². The van der Waals surface area contributed by atoms with Crippen molar-refractivity contribution in [2.75, 3.05) is 0 Å². The number of benzene rings is 2. The summed E-state index contributed by atoms with van der Waals surface area (Å²) < 4.78 is 3.54. The zero-order valence-electron chi connectivity index (χ0n) is 14.2. The van der Waals surface area contributed by atoms with E-state index in [1.807, 2.05) is 29.5 Å². The molecule has 0 amide bonds. The van der Waals surface area contributed by atoms with Crippen LogP contribution in [0.15, 0.2) is 55.0 Å². The van der Waals surface area contributed by atoms with Gasteiger partial charge in [-0.25, -0.2) is 9.67 Å². The van der Waals surface area contributed by atoms with E-state index in [1.165, 1.54) is 0 Å². The van der Waals surface area contributed by atoms with Crippen molar-refractivity contribution in [1.29, 1.82) is 0 Å². The monoisotopic (exact) mass is 376 g/mol. The topological polar surface area (TPSA) is 81.1 Å². The van der Waals surface area contributed by atoms with Crippen LogP contribution in [0.4, 0.5) is 0 Å². The maximum atomic E-state index is 9.48. The minimum Gasteiger partial charge on any atom is -0.508 e. The van der Waals surface area contributed by atoms with Crippen molar-refractivity contribution >= 4 is 28.3 Å². The van der Waals surface area contributed by atoms with Gasteiger partial charge in [-0.05, 0) is 48.9 Å². The number of phenols is 1. The molecule has 0 fully saturated rings. The number of aromatic hydroxyl groups is 1. The number of rotatable bonds is 2. The van der Waals surface area contributed by atoms with E-state index in [2.05, 4.69) is 20.3 Å². The molecule has 132 valence electrons. The van der Waals surface area contributed by atoms with E-state index in [1.54, 1.807) is 41.5 Å². The third kappa shape index (κ3) is 2.43. The molecule has 1 N–H and O–H groups in total. The first-order valence-electron chi connectivity index (χ1n) is 8.25. The lowest BCUT2D eigenvalue weighted by Gasteiger charge is -2.05. The van der Waals surface area contributed by atoms with Crippen LogP contribution in [0.3, 0.4) is 0 Å². The Morgan fingerprint density at radius 1 is 1.00 bits per heavy atom. The molecule has 0 unspecified atom stereocenters. The highest BCUT2D eigenvalue weighted by Crippen LogP contribution is 2.26. The third-order valence-electron chi connectivity index (χ3n) is 4.50. The van der Waals surface area contributed by atoms with Crippen LogP contribution in [0, 0.1) is 6.92 Å². The van der Waals surface area contributed by atoms with Crippen molar-refractivity contribution in [2.45, 2.75) is 6.92 Å². The molecule has 3 aromatic heterocycles. The van der Waals surface area contributed by atoms with Crippen molar-refractivity contribution in [3.8, 4) is 22.8 Å². The number of hydrogen-bond donors (Lipinski definition) is 1. The Kier molecular flexibility index (Phi) is 3.38. The summed E-state index contributed by atoms with van der Waals surface area (Å²) in [6.07, 6.45) is 3.40. The molecule has 2 aromatic carbocycles. The van der Waals surface area contributed by atoms with Crippen molar-refractivity contribution < 1.29 is 5.11 Å². The Morgan fingerprint density at radius 2 is 1.81 bits per heavy atom. The molecule has 0 aliphatic carbocycles. The van der Waals surface area contributed by atoms with Crippen molar-refractivity contribution in [1.82, 2.24) is 29.4 Å². The van der Waals surface area contributed by atoms with E-state index in [4.69, 9.17) is 11.6 Å². The zero-order chi connectivity index (χ0) is 18.5. The second kappa shape index (κ2) is 5.78. The summed E-state index contributed by atoms with van der Waals surface area (Å²) in [5, 5.41) is 24.0. The van der Waals surface area contributed by atoms with Crippen molar-refractivity contribution in [2.24, 2.45) is 0 Å². The Hall–Kier alpha value is -3.45. The van der Waals surface area contributed by atoms with Gasteiger partial charge in [-0.1, -0.05) is 17.7 Å². The minimum absolute atomic E-state index is 0.200. The van der Waals surface area contributed by atoms with Gasteiger partial charge in [0.15, 0.2) is 17.1 Å². The number of aryl methyl sites for hydroxylation is 1. The smallest absolute Gasteiger partial charge is 0.175 e. The number of phenolic OH excluding ortho intramolecular Hbond substituents is 1. The molecule has 0 saturated carbocycles. The molecular formula is C19H13ClN6O. The summed E-state index contributed by atoms with van der Waals surface area (Å²) in [6.45, 7) is 1.95. The number of hydrogen-bond acceptors (Lipinski definition) is 5. The molecule has 3 heterocycles. The van der Waals surface area contributed by atoms with Gasteiger partial charge in [0.2, 0.25) is 0 Å². The maximum Gasteiger partial charge on any atom is 0.175 e. The van der Waals surface area contributed by atoms with Crippen LogP contribution in [0.25, 0.3) is 33.8 Å². The molecule has 0 radical (unpaired) electrons. The average molecular weight is 377 g/mol. The van der Waals surface area contributed by atoms with Gasteiger partial charge in [-0.3, -0.25) is 4.40 Å². The van der Waals surface area contributed by atoms with E-state index in [9.17, 15) is 5.11 Å². The number of fused-ring (bicyclic) bond motifs is 3. The second-order valence-corrected chi connectivity index (χ2v) is 6.64. The number of aromatic nitrogens is 6. The standard InChI is InChI=1S/C19H13ClN6O/c1-11-2-5-13(8-16(11)20)26-18-15(9-22-26)19-24-23-17(25(19)10-21-18)12-3-6-14(27)7-4-12/h2-10,27H,1H3. The Morgan fingerprint density at radius 3 is 2.59 bits per heavy atom. The summed E-state index contributed by atoms with van der Waals surface area (Å²) in [6, 6.07) is 12.6. The summed E-state index contributed by atoms with van der Waals surface area (Å²) in [4.78, 5) is 4.56. The fraction of sp³-hybridized carbons (Fsp3) is 0.0526. The number of halogens is 1. The fourth-order valence-corrected chi connectivity index (χ4v) is 3.21. The van der Waals surface area contributed by atoms with Crippen LogP contribution in [0.1, 0.15) is 5.56 Å². The molecule has 0 atom stereocenters. The molecule has 7 nitrogen and oxygen atoms in total. The van der Waals surface area contributed by atoms with E-state index in [-0.39, 0.29) is 5.75 Å². The maximum absolute atomic E-state index is 9.48. The van der Waals surface area contributed by atoms with E-state index >= 15 is 0 Å². The summed E-state index contributed by atoms with van der Waals surface area (Å²) in [7, 11) is 0. The Balaban J connectivity index is 1.70.